The third-order valence-corrected chi connectivity index (χ3v) is 5.79. The van der Waals surface area contributed by atoms with Gasteiger partial charge in [0, 0.05) is 24.4 Å². The summed E-state index contributed by atoms with van der Waals surface area (Å²) in [5.41, 5.74) is 2.45. The van der Waals surface area contributed by atoms with Gasteiger partial charge in [0.2, 0.25) is 5.91 Å². The largest absolute Gasteiger partial charge is 0.358 e. The molecule has 1 N–H and O–H groups in total. The van der Waals surface area contributed by atoms with Crippen LogP contribution in [-0.2, 0) is 4.79 Å². The Bertz CT molecular complexity index is 997. The van der Waals surface area contributed by atoms with Gasteiger partial charge in [0.15, 0.2) is 0 Å². The molecule has 0 aliphatic carbocycles. The van der Waals surface area contributed by atoms with Crippen LogP contribution in [0.1, 0.15) is 22.1 Å². The second-order valence-corrected chi connectivity index (χ2v) is 7.21. The van der Waals surface area contributed by atoms with Crippen molar-refractivity contribution in [2.45, 2.75) is 6.17 Å². The predicted octanol–water partition coefficient (Wildman–Crippen LogP) is 3.24. The predicted molar refractivity (Wildman–Crippen MR) is 105 cm³/mol. The maximum atomic E-state index is 13.0. The number of fused-ring (bicyclic) bond motifs is 2. The summed E-state index contributed by atoms with van der Waals surface area (Å²) in [6, 6.07) is 15.6. The van der Waals surface area contributed by atoms with E-state index >= 15 is 0 Å². The van der Waals surface area contributed by atoms with Crippen LogP contribution < -0.4 is 10.2 Å². The first kappa shape index (κ1) is 16.6. The zero-order valence-corrected chi connectivity index (χ0v) is 15.4. The molecular weight excluding hydrogens is 346 g/mol. The molecule has 1 aliphatic heterocycles. The van der Waals surface area contributed by atoms with Gasteiger partial charge in [-0.15, -0.1) is 11.3 Å². The summed E-state index contributed by atoms with van der Waals surface area (Å²) >= 11 is 1.65. The molecule has 1 atom stereocenters. The Hall–Kier alpha value is -2.86. The Labute approximate surface area is 155 Å². The van der Waals surface area contributed by atoms with Crippen molar-refractivity contribution in [2.24, 2.45) is 0 Å². The van der Waals surface area contributed by atoms with Crippen molar-refractivity contribution >= 4 is 38.9 Å². The molecular formula is C20H19N3O2S. The molecule has 3 aromatic rings. The van der Waals surface area contributed by atoms with Gasteiger partial charge in [-0.3, -0.25) is 9.59 Å². The molecule has 1 aromatic heterocycles. The number of para-hydroxylation sites is 1. The number of nitrogens with one attached hydrogen (secondary N) is 1. The molecule has 0 fully saturated rings. The summed E-state index contributed by atoms with van der Waals surface area (Å²) in [6.07, 6.45) is -0.328. The van der Waals surface area contributed by atoms with E-state index in [4.69, 9.17) is 0 Å². The third kappa shape index (κ3) is 2.54. The van der Waals surface area contributed by atoms with Crippen LogP contribution in [0.5, 0.6) is 0 Å². The maximum Gasteiger partial charge on any atom is 0.257 e. The summed E-state index contributed by atoms with van der Waals surface area (Å²) in [6.45, 7) is 0.181. The normalized spacial score (nSPS) is 16.7. The van der Waals surface area contributed by atoms with Crippen LogP contribution in [0.2, 0.25) is 0 Å². The minimum absolute atomic E-state index is 0.0333. The molecule has 2 heterocycles. The highest BCUT2D eigenvalue weighted by atomic mass is 32.1. The molecule has 0 bridgehead atoms. The number of hydrogen-bond donors (Lipinski definition) is 1. The summed E-state index contributed by atoms with van der Waals surface area (Å²) in [5.74, 6) is -0.124. The number of rotatable bonds is 3. The van der Waals surface area contributed by atoms with E-state index in [1.165, 1.54) is 4.70 Å². The van der Waals surface area contributed by atoms with E-state index in [0.29, 0.717) is 5.56 Å². The first-order valence-corrected chi connectivity index (χ1v) is 9.29. The zero-order chi connectivity index (χ0) is 18.3. The lowest BCUT2D eigenvalue weighted by atomic mass is 10.0. The molecule has 2 amide bonds. The lowest BCUT2D eigenvalue weighted by Crippen LogP contribution is -2.50. The standard InChI is InChI=1S/C20H19N3O2S/c1-21-18(24)11-23-16-9-5-3-8-14(16)20(25)22(2)19(23)15-12-26-17-10-6-4-7-13(15)17/h3-10,12,19H,11H2,1-2H3,(H,21,24). The molecule has 2 aromatic carbocycles. The summed E-state index contributed by atoms with van der Waals surface area (Å²) < 4.78 is 1.17. The molecule has 0 saturated carbocycles. The van der Waals surface area contributed by atoms with Crippen molar-refractivity contribution < 1.29 is 9.59 Å². The maximum absolute atomic E-state index is 13.0. The van der Waals surface area contributed by atoms with Gasteiger partial charge in [0.05, 0.1) is 17.8 Å². The first-order chi connectivity index (χ1) is 12.6. The highest BCUT2D eigenvalue weighted by Gasteiger charge is 2.38. The molecule has 1 unspecified atom stereocenters. The van der Waals surface area contributed by atoms with Gasteiger partial charge in [-0.05, 0) is 29.0 Å². The molecule has 6 heteroatoms. The molecule has 0 spiro atoms. The van der Waals surface area contributed by atoms with E-state index in [0.717, 1.165) is 16.6 Å². The molecule has 132 valence electrons. The van der Waals surface area contributed by atoms with E-state index in [2.05, 4.69) is 22.8 Å². The molecule has 1 aliphatic rings. The number of carbonyl (C=O) groups is 2. The number of nitrogens with zero attached hydrogens (tertiary/aromatic N) is 2. The lowest BCUT2D eigenvalue weighted by Gasteiger charge is -2.43. The fourth-order valence-electron chi connectivity index (χ4n) is 3.53. The number of amides is 2. The minimum atomic E-state index is -0.328. The quantitative estimate of drug-likeness (QED) is 0.775. The Morgan fingerprint density at radius 3 is 2.69 bits per heavy atom. The lowest BCUT2D eigenvalue weighted by molar-refractivity contribution is -0.119. The van der Waals surface area contributed by atoms with Crippen LogP contribution >= 0.6 is 11.3 Å². The molecule has 0 saturated heterocycles. The van der Waals surface area contributed by atoms with Crippen LogP contribution in [0, 0.1) is 0 Å². The van der Waals surface area contributed by atoms with E-state index in [9.17, 15) is 9.59 Å². The molecule has 5 nitrogen and oxygen atoms in total. The topological polar surface area (TPSA) is 52.7 Å². The van der Waals surface area contributed by atoms with Gasteiger partial charge in [0.1, 0.15) is 6.17 Å². The monoisotopic (exact) mass is 365 g/mol. The smallest absolute Gasteiger partial charge is 0.257 e. The molecule has 26 heavy (non-hydrogen) atoms. The number of benzene rings is 2. The average molecular weight is 365 g/mol. The van der Waals surface area contributed by atoms with Crippen molar-refractivity contribution in [3.05, 3.63) is 65.0 Å². The van der Waals surface area contributed by atoms with Crippen molar-refractivity contribution in [1.29, 1.82) is 0 Å². The van der Waals surface area contributed by atoms with E-state index < -0.39 is 0 Å². The van der Waals surface area contributed by atoms with Gasteiger partial charge < -0.3 is 15.1 Å². The van der Waals surface area contributed by atoms with E-state index in [1.54, 1.807) is 30.3 Å². The SMILES string of the molecule is CNC(=O)CN1c2ccccc2C(=O)N(C)C1c1csc2ccccc12. The zero-order valence-electron chi connectivity index (χ0n) is 14.6. The highest BCUT2D eigenvalue weighted by molar-refractivity contribution is 7.17. The number of likely N-dealkylation sites (N-methyl/N-ethyl adjacent to an activating group) is 1. The second-order valence-electron chi connectivity index (χ2n) is 6.30. The average Bonchev–Trinajstić information content (AvgIpc) is 3.10. The molecule has 4 rings (SSSR count). The van der Waals surface area contributed by atoms with Crippen molar-refractivity contribution in [2.75, 3.05) is 25.5 Å². The second kappa shape index (κ2) is 6.46. The summed E-state index contributed by atoms with van der Waals surface area (Å²) in [5, 5.41) is 5.89. The highest BCUT2D eigenvalue weighted by Crippen LogP contribution is 2.41. The van der Waals surface area contributed by atoms with Crippen LogP contribution in [0.15, 0.2) is 53.9 Å². The Morgan fingerprint density at radius 1 is 1.15 bits per heavy atom. The van der Waals surface area contributed by atoms with Gasteiger partial charge >= 0.3 is 0 Å². The van der Waals surface area contributed by atoms with Gasteiger partial charge in [-0.25, -0.2) is 0 Å². The van der Waals surface area contributed by atoms with Crippen LogP contribution in [0.3, 0.4) is 0 Å². The van der Waals surface area contributed by atoms with Crippen molar-refractivity contribution in [3.63, 3.8) is 0 Å². The Balaban J connectivity index is 1.90. The first-order valence-electron chi connectivity index (χ1n) is 8.41. The van der Waals surface area contributed by atoms with E-state index in [1.807, 2.05) is 41.3 Å². The van der Waals surface area contributed by atoms with E-state index in [-0.39, 0.29) is 24.5 Å². The number of thiophene rings is 1. The number of anilines is 1. The van der Waals surface area contributed by atoms with Gasteiger partial charge in [-0.1, -0.05) is 30.3 Å². The van der Waals surface area contributed by atoms with Gasteiger partial charge in [0.25, 0.3) is 5.91 Å². The number of hydrogen-bond acceptors (Lipinski definition) is 4. The summed E-state index contributed by atoms with van der Waals surface area (Å²) in [4.78, 5) is 28.9. The Morgan fingerprint density at radius 2 is 1.88 bits per heavy atom. The van der Waals surface area contributed by atoms with Crippen molar-refractivity contribution in [3.8, 4) is 0 Å². The van der Waals surface area contributed by atoms with Crippen LogP contribution in [0.25, 0.3) is 10.1 Å². The fourth-order valence-corrected chi connectivity index (χ4v) is 4.50. The fraction of sp³-hybridized carbons (Fsp3) is 0.200. The van der Waals surface area contributed by atoms with Crippen LogP contribution in [0.4, 0.5) is 5.69 Å². The van der Waals surface area contributed by atoms with Crippen molar-refractivity contribution in [1.82, 2.24) is 10.2 Å². The minimum Gasteiger partial charge on any atom is -0.358 e. The molecule has 0 radical (unpaired) electrons. The summed E-state index contributed by atoms with van der Waals surface area (Å²) in [7, 11) is 3.42. The number of carbonyl (C=O) groups excluding carboxylic acids is 2. The third-order valence-electron chi connectivity index (χ3n) is 4.81. The van der Waals surface area contributed by atoms with Crippen LogP contribution in [-0.4, -0.2) is 37.4 Å². The Kier molecular flexibility index (Phi) is 4.12. The van der Waals surface area contributed by atoms with Gasteiger partial charge in [-0.2, -0.15) is 0 Å².